The maximum Gasteiger partial charge on any atom is 0.335 e. The van der Waals surface area contributed by atoms with Crippen LogP contribution in [0.1, 0.15) is 31.4 Å². The third kappa shape index (κ3) is 3.30. The van der Waals surface area contributed by atoms with Gasteiger partial charge in [0.25, 0.3) is 0 Å². The molecule has 0 unspecified atom stereocenters. The van der Waals surface area contributed by atoms with Crippen molar-refractivity contribution in [1.82, 2.24) is 4.98 Å². The van der Waals surface area contributed by atoms with E-state index in [-0.39, 0.29) is 16.2 Å². The van der Waals surface area contributed by atoms with Crippen molar-refractivity contribution < 1.29 is 18.3 Å². The second kappa shape index (κ2) is 5.57. The molecule has 0 spiro atoms. The largest absolute Gasteiger partial charge is 0.478 e. The van der Waals surface area contributed by atoms with Crippen molar-refractivity contribution in [2.75, 3.05) is 0 Å². The fraction of sp³-hybridized carbons (Fsp3) is 0.286. The van der Waals surface area contributed by atoms with Crippen LogP contribution in [-0.2, 0) is 15.6 Å². The minimum Gasteiger partial charge on any atom is -0.478 e. The second-order valence-electron chi connectivity index (χ2n) is 4.84. The summed E-state index contributed by atoms with van der Waals surface area (Å²) in [4.78, 5) is 15.9. The zero-order chi connectivity index (χ0) is 15.8. The molecule has 1 N–H and O–H groups in total. The quantitative estimate of drug-likeness (QED) is 0.934. The molecular formula is C14H15NO4S2. The van der Waals surface area contributed by atoms with Crippen LogP contribution in [0.3, 0.4) is 0 Å². The molecular weight excluding hydrogens is 310 g/mol. The number of nitrogens with zero attached hydrogens (tertiary/aromatic N) is 1. The topological polar surface area (TPSA) is 84.3 Å². The van der Waals surface area contributed by atoms with Gasteiger partial charge in [0, 0.05) is 11.1 Å². The number of sulfone groups is 1. The molecule has 0 aliphatic heterocycles. The maximum absolute atomic E-state index is 12.5. The molecule has 2 rings (SSSR count). The lowest BCUT2D eigenvalue weighted by atomic mass is 10.1. The summed E-state index contributed by atoms with van der Waals surface area (Å²) in [5.41, 5.74) is 1.12. The van der Waals surface area contributed by atoms with Gasteiger partial charge in [0.2, 0.25) is 0 Å². The number of benzene rings is 1. The van der Waals surface area contributed by atoms with Crippen LogP contribution in [0.25, 0.3) is 0 Å². The third-order valence-electron chi connectivity index (χ3n) is 3.09. The fourth-order valence-corrected chi connectivity index (χ4v) is 4.88. The van der Waals surface area contributed by atoms with Crippen molar-refractivity contribution in [3.05, 3.63) is 44.9 Å². The van der Waals surface area contributed by atoms with Gasteiger partial charge in [0.1, 0.15) is 0 Å². The lowest BCUT2D eigenvalue weighted by Crippen LogP contribution is -2.09. The van der Waals surface area contributed by atoms with Gasteiger partial charge in [-0.05, 0) is 38.0 Å². The predicted molar refractivity (Wildman–Crippen MR) is 80.6 cm³/mol. The molecule has 1 aromatic heterocycles. The molecule has 0 amide bonds. The number of aromatic carboxylic acids is 1. The van der Waals surface area contributed by atoms with Crippen LogP contribution in [-0.4, -0.2) is 24.5 Å². The van der Waals surface area contributed by atoms with E-state index in [1.807, 2.05) is 0 Å². The van der Waals surface area contributed by atoms with E-state index in [4.69, 9.17) is 5.11 Å². The van der Waals surface area contributed by atoms with Gasteiger partial charge in [0.15, 0.2) is 9.84 Å². The summed E-state index contributed by atoms with van der Waals surface area (Å²) in [5.74, 6) is -1.29. The second-order valence-corrected chi connectivity index (χ2v) is 8.12. The standard InChI is InChI=1S/C14H15NO4S2/c1-8-4-9(2)13(5-12(8)14(16)17)21(18,19)7-11-6-15-10(3)20-11/h4-6H,7H2,1-3H3,(H,16,17). The normalized spacial score (nSPS) is 11.6. The van der Waals surface area contributed by atoms with E-state index in [9.17, 15) is 13.2 Å². The van der Waals surface area contributed by atoms with Gasteiger partial charge in [-0.2, -0.15) is 0 Å². The first-order chi connectivity index (χ1) is 9.70. The minimum atomic E-state index is -3.60. The molecule has 21 heavy (non-hydrogen) atoms. The Kier molecular flexibility index (Phi) is 4.15. The van der Waals surface area contributed by atoms with Crippen molar-refractivity contribution in [2.45, 2.75) is 31.4 Å². The number of hydrogen-bond donors (Lipinski definition) is 1. The molecule has 112 valence electrons. The number of hydrogen-bond acceptors (Lipinski definition) is 5. The molecule has 0 fully saturated rings. The molecule has 2 aromatic rings. The SMILES string of the molecule is Cc1ncc(CS(=O)(=O)c2cc(C(=O)O)c(C)cc2C)s1. The van der Waals surface area contributed by atoms with E-state index in [0.717, 1.165) is 5.01 Å². The van der Waals surface area contributed by atoms with Gasteiger partial charge in [0.05, 0.1) is 21.2 Å². The van der Waals surface area contributed by atoms with Crippen LogP contribution >= 0.6 is 11.3 Å². The first kappa shape index (κ1) is 15.7. The van der Waals surface area contributed by atoms with Crippen molar-refractivity contribution in [3.8, 4) is 0 Å². The highest BCUT2D eigenvalue weighted by atomic mass is 32.2. The first-order valence-electron chi connectivity index (χ1n) is 6.19. The highest BCUT2D eigenvalue weighted by Crippen LogP contribution is 2.25. The lowest BCUT2D eigenvalue weighted by molar-refractivity contribution is 0.0696. The van der Waals surface area contributed by atoms with Crippen LogP contribution in [0.2, 0.25) is 0 Å². The molecule has 0 saturated carbocycles. The average molecular weight is 325 g/mol. The molecule has 0 bridgehead atoms. The van der Waals surface area contributed by atoms with Crippen molar-refractivity contribution >= 4 is 27.1 Å². The zero-order valence-corrected chi connectivity index (χ0v) is 13.5. The number of carbonyl (C=O) groups is 1. The maximum atomic E-state index is 12.5. The fourth-order valence-electron chi connectivity index (χ4n) is 2.13. The summed E-state index contributed by atoms with van der Waals surface area (Å²) in [6.45, 7) is 5.13. The molecule has 0 radical (unpaired) electrons. The van der Waals surface area contributed by atoms with Gasteiger partial charge in [-0.1, -0.05) is 6.07 Å². The molecule has 0 aliphatic carbocycles. The van der Waals surface area contributed by atoms with E-state index in [0.29, 0.717) is 16.0 Å². The Bertz CT molecular complexity index is 806. The average Bonchev–Trinajstić information content (AvgIpc) is 2.72. The Labute approximate surface area is 127 Å². The minimum absolute atomic E-state index is 0.0136. The first-order valence-corrected chi connectivity index (χ1v) is 8.66. The summed E-state index contributed by atoms with van der Waals surface area (Å²) >= 11 is 1.32. The highest BCUT2D eigenvalue weighted by molar-refractivity contribution is 7.90. The number of aromatic nitrogens is 1. The van der Waals surface area contributed by atoms with Crippen molar-refractivity contribution in [3.63, 3.8) is 0 Å². The summed E-state index contributed by atoms with van der Waals surface area (Å²) in [6, 6.07) is 2.84. The van der Waals surface area contributed by atoms with Gasteiger partial charge in [-0.3, -0.25) is 0 Å². The summed E-state index contributed by atoms with van der Waals surface area (Å²) in [7, 11) is -3.60. The number of rotatable bonds is 4. The van der Waals surface area contributed by atoms with E-state index >= 15 is 0 Å². The van der Waals surface area contributed by atoms with Crippen molar-refractivity contribution in [1.29, 1.82) is 0 Å². The number of thiazole rings is 1. The monoisotopic (exact) mass is 325 g/mol. The molecule has 1 aromatic carbocycles. The van der Waals surface area contributed by atoms with Gasteiger partial charge < -0.3 is 5.11 Å². The number of aryl methyl sites for hydroxylation is 3. The Morgan fingerprint density at radius 3 is 2.43 bits per heavy atom. The Morgan fingerprint density at radius 2 is 1.90 bits per heavy atom. The van der Waals surface area contributed by atoms with Gasteiger partial charge >= 0.3 is 5.97 Å². The highest BCUT2D eigenvalue weighted by Gasteiger charge is 2.22. The molecule has 1 heterocycles. The van der Waals surface area contributed by atoms with E-state index in [2.05, 4.69) is 4.98 Å². The number of carboxylic acid groups (broad SMARTS) is 1. The van der Waals surface area contributed by atoms with Crippen LogP contribution < -0.4 is 0 Å². The molecule has 0 saturated heterocycles. The van der Waals surface area contributed by atoms with Gasteiger partial charge in [-0.15, -0.1) is 11.3 Å². The van der Waals surface area contributed by atoms with E-state index < -0.39 is 15.8 Å². The van der Waals surface area contributed by atoms with Crippen LogP contribution in [0.4, 0.5) is 0 Å². The lowest BCUT2D eigenvalue weighted by Gasteiger charge is -2.10. The summed E-state index contributed by atoms with van der Waals surface area (Å²) in [6.07, 6.45) is 1.54. The van der Waals surface area contributed by atoms with Crippen LogP contribution in [0, 0.1) is 20.8 Å². The molecule has 7 heteroatoms. The smallest absolute Gasteiger partial charge is 0.335 e. The van der Waals surface area contributed by atoms with Crippen LogP contribution in [0.5, 0.6) is 0 Å². The Hall–Kier alpha value is -1.73. The van der Waals surface area contributed by atoms with Crippen LogP contribution in [0.15, 0.2) is 23.2 Å². The Morgan fingerprint density at radius 1 is 1.24 bits per heavy atom. The van der Waals surface area contributed by atoms with Crippen molar-refractivity contribution in [2.24, 2.45) is 0 Å². The molecule has 0 aliphatic rings. The predicted octanol–water partition coefficient (Wildman–Crippen LogP) is 2.74. The summed E-state index contributed by atoms with van der Waals surface area (Å²) < 4.78 is 25.0. The number of carboxylic acids is 1. The van der Waals surface area contributed by atoms with E-state index in [1.54, 1.807) is 33.0 Å². The molecule has 0 atom stereocenters. The molecule has 5 nitrogen and oxygen atoms in total. The zero-order valence-electron chi connectivity index (χ0n) is 11.9. The third-order valence-corrected chi connectivity index (χ3v) is 5.99. The van der Waals surface area contributed by atoms with E-state index in [1.165, 1.54) is 17.4 Å². The van der Waals surface area contributed by atoms with Gasteiger partial charge in [-0.25, -0.2) is 18.2 Å². The summed E-state index contributed by atoms with van der Waals surface area (Å²) in [5, 5.41) is 9.94. The Balaban J connectivity index is 2.49.